The van der Waals surface area contributed by atoms with E-state index in [4.69, 9.17) is 4.74 Å². The molecule has 0 aliphatic carbocycles. The van der Waals surface area contributed by atoms with Crippen LogP contribution in [-0.4, -0.2) is 17.8 Å². The molecule has 7 heteroatoms. The number of aromatic nitrogens is 1. The maximum absolute atomic E-state index is 12.9. The van der Waals surface area contributed by atoms with Gasteiger partial charge in [-0.1, -0.05) is 12.1 Å². The summed E-state index contributed by atoms with van der Waals surface area (Å²) in [5.74, 6) is 0.400. The normalized spacial score (nSPS) is 11.0. The van der Waals surface area contributed by atoms with E-state index in [1.165, 1.54) is 35.6 Å². The van der Waals surface area contributed by atoms with E-state index in [-0.39, 0.29) is 11.5 Å². The van der Waals surface area contributed by atoms with Gasteiger partial charge in [-0.3, -0.25) is 5.43 Å². The Morgan fingerprint density at radius 1 is 1.28 bits per heavy atom. The minimum Gasteiger partial charge on any atom is -0.497 e. The SMILES string of the molecule is COc1cccc(-c2csc(C(C#N)=NNc3ccc(F)cc3)n2)c1. The van der Waals surface area contributed by atoms with Crippen LogP contribution in [0.3, 0.4) is 0 Å². The van der Waals surface area contributed by atoms with E-state index in [1.807, 2.05) is 35.7 Å². The summed E-state index contributed by atoms with van der Waals surface area (Å²) in [5.41, 5.74) is 5.11. The van der Waals surface area contributed by atoms with Crippen molar-refractivity contribution in [1.29, 1.82) is 5.26 Å². The van der Waals surface area contributed by atoms with Crippen LogP contribution in [0.2, 0.25) is 0 Å². The lowest BCUT2D eigenvalue weighted by Crippen LogP contribution is -2.01. The molecular formula is C18H13FN4OS. The van der Waals surface area contributed by atoms with Gasteiger partial charge in [0.1, 0.15) is 17.6 Å². The van der Waals surface area contributed by atoms with Crippen LogP contribution < -0.4 is 10.2 Å². The average Bonchev–Trinajstić information content (AvgIpc) is 3.14. The molecule has 124 valence electrons. The van der Waals surface area contributed by atoms with Crippen LogP contribution in [0.15, 0.2) is 59.0 Å². The van der Waals surface area contributed by atoms with Gasteiger partial charge in [0.05, 0.1) is 18.5 Å². The van der Waals surface area contributed by atoms with E-state index in [9.17, 15) is 9.65 Å². The van der Waals surface area contributed by atoms with Crippen LogP contribution in [0.1, 0.15) is 5.01 Å². The molecule has 0 saturated carbocycles. The van der Waals surface area contributed by atoms with Crippen LogP contribution in [0, 0.1) is 17.1 Å². The number of nitriles is 1. The van der Waals surface area contributed by atoms with Crippen molar-refractivity contribution < 1.29 is 9.13 Å². The second-order valence-corrected chi connectivity index (χ2v) is 5.82. The molecule has 0 bridgehead atoms. The topological polar surface area (TPSA) is 70.3 Å². The number of methoxy groups -OCH3 is 1. The van der Waals surface area contributed by atoms with Crippen LogP contribution in [0.25, 0.3) is 11.3 Å². The molecule has 0 unspecified atom stereocenters. The third-order valence-corrected chi connectivity index (χ3v) is 4.17. The Kier molecular flexibility index (Phi) is 5.02. The van der Waals surface area contributed by atoms with Gasteiger partial charge in [0.2, 0.25) is 0 Å². The third-order valence-electron chi connectivity index (χ3n) is 3.32. The summed E-state index contributed by atoms with van der Waals surface area (Å²) < 4.78 is 18.1. The lowest BCUT2D eigenvalue weighted by atomic mass is 10.2. The zero-order chi connectivity index (χ0) is 17.6. The first-order chi connectivity index (χ1) is 12.2. The molecule has 1 heterocycles. The summed E-state index contributed by atoms with van der Waals surface area (Å²) >= 11 is 1.32. The van der Waals surface area contributed by atoms with Gasteiger partial charge in [-0.05, 0) is 36.4 Å². The molecule has 0 fully saturated rings. The first-order valence-electron chi connectivity index (χ1n) is 7.29. The monoisotopic (exact) mass is 352 g/mol. The van der Waals surface area contributed by atoms with Crippen LogP contribution in [0.4, 0.5) is 10.1 Å². The van der Waals surface area contributed by atoms with Crippen molar-refractivity contribution in [2.24, 2.45) is 5.10 Å². The molecule has 0 amide bonds. The van der Waals surface area contributed by atoms with Crippen LogP contribution >= 0.6 is 11.3 Å². The molecule has 0 aliphatic rings. The number of ether oxygens (including phenoxy) is 1. The van der Waals surface area contributed by atoms with Gasteiger partial charge in [-0.25, -0.2) is 9.37 Å². The Hall–Kier alpha value is -3.24. The third kappa shape index (κ3) is 4.00. The minimum absolute atomic E-state index is 0.156. The molecule has 1 aromatic heterocycles. The van der Waals surface area contributed by atoms with Crippen molar-refractivity contribution in [2.75, 3.05) is 12.5 Å². The Morgan fingerprint density at radius 3 is 2.80 bits per heavy atom. The van der Waals surface area contributed by atoms with E-state index in [0.717, 1.165) is 17.0 Å². The highest BCUT2D eigenvalue weighted by Gasteiger charge is 2.11. The average molecular weight is 352 g/mol. The number of thiazole rings is 1. The molecular weight excluding hydrogens is 339 g/mol. The first kappa shape index (κ1) is 16.6. The van der Waals surface area contributed by atoms with Crippen molar-refractivity contribution in [3.63, 3.8) is 0 Å². The predicted molar refractivity (Wildman–Crippen MR) is 96.3 cm³/mol. The van der Waals surface area contributed by atoms with Crippen molar-refractivity contribution >= 4 is 22.7 Å². The summed E-state index contributed by atoms with van der Waals surface area (Å²) in [6.45, 7) is 0. The smallest absolute Gasteiger partial charge is 0.196 e. The summed E-state index contributed by atoms with van der Waals surface area (Å²) in [4.78, 5) is 4.46. The highest BCUT2D eigenvalue weighted by atomic mass is 32.1. The molecule has 3 aromatic rings. The molecule has 0 aliphatic heterocycles. The fourth-order valence-electron chi connectivity index (χ4n) is 2.06. The summed E-state index contributed by atoms with van der Waals surface area (Å²) in [7, 11) is 1.60. The van der Waals surface area contributed by atoms with Gasteiger partial charge in [0.15, 0.2) is 10.7 Å². The van der Waals surface area contributed by atoms with Crippen molar-refractivity contribution in [1.82, 2.24) is 4.98 Å². The number of hydrazone groups is 1. The second kappa shape index (κ2) is 7.55. The quantitative estimate of drug-likeness (QED) is 0.549. The van der Waals surface area contributed by atoms with E-state index < -0.39 is 0 Å². The Bertz CT molecular complexity index is 944. The molecule has 3 rings (SSSR count). The molecule has 0 spiro atoms. The van der Waals surface area contributed by atoms with E-state index in [1.54, 1.807) is 7.11 Å². The van der Waals surface area contributed by atoms with Gasteiger partial charge in [0, 0.05) is 10.9 Å². The van der Waals surface area contributed by atoms with Crippen molar-refractivity contribution in [3.8, 4) is 23.1 Å². The lowest BCUT2D eigenvalue weighted by molar-refractivity contribution is 0.415. The first-order valence-corrected chi connectivity index (χ1v) is 8.17. The molecule has 25 heavy (non-hydrogen) atoms. The summed E-state index contributed by atoms with van der Waals surface area (Å²) in [5, 5.41) is 15.7. The number of benzene rings is 2. The molecule has 1 N–H and O–H groups in total. The number of hydrogen-bond acceptors (Lipinski definition) is 6. The maximum atomic E-state index is 12.9. The predicted octanol–water partition coefficient (Wildman–Crippen LogP) is 4.30. The zero-order valence-electron chi connectivity index (χ0n) is 13.2. The number of anilines is 1. The molecule has 0 radical (unpaired) electrons. The van der Waals surface area contributed by atoms with Gasteiger partial charge in [-0.15, -0.1) is 11.3 Å². The van der Waals surface area contributed by atoms with E-state index in [2.05, 4.69) is 15.5 Å². The Morgan fingerprint density at radius 2 is 2.08 bits per heavy atom. The second-order valence-electron chi connectivity index (χ2n) is 4.96. The fourth-order valence-corrected chi connectivity index (χ4v) is 2.83. The number of hydrogen-bond donors (Lipinski definition) is 1. The summed E-state index contributed by atoms with van der Waals surface area (Å²) in [6, 6.07) is 15.3. The minimum atomic E-state index is -0.335. The van der Waals surface area contributed by atoms with E-state index >= 15 is 0 Å². The number of halogens is 1. The number of nitrogens with one attached hydrogen (secondary N) is 1. The largest absolute Gasteiger partial charge is 0.497 e. The molecule has 0 atom stereocenters. The molecule has 2 aromatic carbocycles. The highest BCUT2D eigenvalue weighted by molar-refractivity contribution is 7.12. The maximum Gasteiger partial charge on any atom is 0.196 e. The van der Waals surface area contributed by atoms with Gasteiger partial charge >= 0.3 is 0 Å². The number of rotatable bonds is 5. The highest BCUT2D eigenvalue weighted by Crippen LogP contribution is 2.25. The van der Waals surface area contributed by atoms with Gasteiger partial charge in [-0.2, -0.15) is 10.4 Å². The zero-order valence-corrected chi connectivity index (χ0v) is 14.0. The van der Waals surface area contributed by atoms with Crippen molar-refractivity contribution in [2.45, 2.75) is 0 Å². The molecule has 0 saturated heterocycles. The summed E-state index contributed by atoms with van der Waals surface area (Å²) in [6.07, 6.45) is 0. The fraction of sp³-hybridized carbons (Fsp3) is 0.0556. The number of nitrogens with zero attached hydrogens (tertiary/aromatic N) is 3. The Labute approximate surface area is 148 Å². The Balaban J connectivity index is 1.82. The van der Waals surface area contributed by atoms with Crippen LogP contribution in [-0.2, 0) is 0 Å². The van der Waals surface area contributed by atoms with Gasteiger partial charge in [0.25, 0.3) is 0 Å². The van der Waals surface area contributed by atoms with Crippen LogP contribution in [0.5, 0.6) is 5.75 Å². The molecule has 5 nitrogen and oxygen atoms in total. The van der Waals surface area contributed by atoms with E-state index in [0.29, 0.717) is 10.7 Å². The van der Waals surface area contributed by atoms with Crippen molar-refractivity contribution in [3.05, 3.63) is 64.7 Å². The standard InChI is InChI=1S/C18H13FN4OS/c1-24-15-4-2-3-12(9-15)17-11-25-18(21-17)16(10-20)23-22-14-7-5-13(19)6-8-14/h2-9,11,22H,1H3. The lowest BCUT2D eigenvalue weighted by Gasteiger charge is -2.01. The van der Waals surface area contributed by atoms with Gasteiger partial charge < -0.3 is 4.74 Å².